The van der Waals surface area contributed by atoms with Gasteiger partial charge < -0.3 is 9.80 Å². The van der Waals surface area contributed by atoms with E-state index in [1.165, 1.54) is 17.0 Å². The van der Waals surface area contributed by atoms with Crippen LogP contribution in [0.2, 0.25) is 4.34 Å². The highest BCUT2D eigenvalue weighted by Gasteiger charge is 2.39. The molecule has 1 amide bonds. The molecule has 3 heterocycles. The lowest BCUT2D eigenvalue weighted by Crippen LogP contribution is -2.37. The van der Waals surface area contributed by atoms with Gasteiger partial charge in [-0.15, -0.1) is 11.3 Å². The predicted molar refractivity (Wildman–Crippen MR) is 133 cm³/mol. The number of alkyl halides is 3. The summed E-state index contributed by atoms with van der Waals surface area (Å²) in [6, 6.07) is 8.33. The van der Waals surface area contributed by atoms with E-state index in [0.29, 0.717) is 27.6 Å². The van der Waals surface area contributed by atoms with Gasteiger partial charge in [0.15, 0.2) is 5.69 Å². The molecule has 0 saturated carbocycles. The summed E-state index contributed by atoms with van der Waals surface area (Å²) in [6.07, 6.45) is -0.317. The van der Waals surface area contributed by atoms with Gasteiger partial charge in [-0.1, -0.05) is 41.9 Å². The first-order valence-corrected chi connectivity index (χ1v) is 12.2. The maximum Gasteiger partial charge on any atom is 0.435 e. The molecule has 0 unspecified atom stereocenters. The van der Waals surface area contributed by atoms with Crippen molar-refractivity contribution in [1.82, 2.24) is 19.6 Å². The summed E-state index contributed by atoms with van der Waals surface area (Å²) in [4.78, 5) is 16.4. The van der Waals surface area contributed by atoms with E-state index < -0.39 is 30.2 Å². The normalized spacial score (nSPS) is 18.6. The Bertz CT molecular complexity index is 1340. The molecule has 10 heteroatoms. The van der Waals surface area contributed by atoms with Crippen LogP contribution >= 0.6 is 22.9 Å². The number of halogens is 4. The molecule has 0 N–H and O–H groups in total. The zero-order chi connectivity index (χ0) is 27.1. The highest BCUT2D eigenvalue weighted by atomic mass is 35.5. The Balaban J connectivity index is 1.86. The summed E-state index contributed by atoms with van der Waals surface area (Å²) in [5.74, 6) is -1.13. The molecule has 3 aromatic rings. The quantitative estimate of drug-likeness (QED) is 0.377. The molecule has 186 valence electrons. The molecular weight excluding hydrogens is 497 g/mol. The predicted octanol–water partition coefficient (Wildman–Crippen LogP) is 5.90. The smallest absolute Gasteiger partial charge is 0.333 e. The van der Waals surface area contributed by atoms with Gasteiger partial charge in [-0.2, -0.15) is 18.3 Å². The van der Waals surface area contributed by atoms with Crippen molar-refractivity contribution in [3.05, 3.63) is 74.7 Å². The number of carbonyl (C=O) groups is 1. The van der Waals surface area contributed by atoms with Crippen LogP contribution < -0.4 is 0 Å². The summed E-state index contributed by atoms with van der Waals surface area (Å²) in [7, 11) is 3.69. The second-order valence-electron chi connectivity index (χ2n) is 8.44. The molecule has 0 bridgehead atoms. The molecule has 4 rings (SSSR count). The Morgan fingerprint density at radius 1 is 1.31 bits per heavy atom. The molecule has 35 heavy (non-hydrogen) atoms. The molecule has 0 radical (unpaired) electrons. The first-order chi connectivity index (χ1) is 17.3. The van der Waals surface area contributed by atoms with Crippen molar-refractivity contribution in [3.63, 3.8) is 0 Å². The molecule has 1 atom stereocenters. The zero-order valence-corrected chi connectivity index (χ0v) is 21.0. The van der Waals surface area contributed by atoms with E-state index in [2.05, 4.69) is 5.10 Å². The molecule has 0 spiro atoms. The molecule has 5 nitrogen and oxygen atoms in total. The third-order valence-corrected chi connectivity index (χ3v) is 6.87. The number of hydrogen-bond acceptors (Lipinski definition) is 4. The first-order valence-electron chi connectivity index (χ1n) is 12.0. The van der Waals surface area contributed by atoms with Gasteiger partial charge in [0.25, 0.3) is 0 Å². The van der Waals surface area contributed by atoms with Gasteiger partial charge in [0, 0.05) is 48.3 Å². The maximum atomic E-state index is 13.9. The fourth-order valence-electron chi connectivity index (χ4n) is 4.07. The molecule has 1 aromatic carbocycles. The minimum atomic E-state index is -4.66. The van der Waals surface area contributed by atoms with Gasteiger partial charge in [-0.3, -0.25) is 9.48 Å². The van der Waals surface area contributed by atoms with E-state index >= 15 is 0 Å². The minimum Gasteiger partial charge on any atom is -0.333 e. The van der Waals surface area contributed by atoms with Gasteiger partial charge in [0.2, 0.25) is 5.91 Å². The number of hydrogen-bond donors (Lipinski definition) is 0. The highest BCUT2D eigenvalue weighted by molar-refractivity contribution is 7.16. The van der Waals surface area contributed by atoms with Gasteiger partial charge in [-0.05, 0) is 43.8 Å². The third-order valence-electron chi connectivity index (χ3n) is 5.69. The van der Waals surface area contributed by atoms with Crippen LogP contribution in [0.25, 0.3) is 11.1 Å². The van der Waals surface area contributed by atoms with Gasteiger partial charge in [0.1, 0.15) is 0 Å². The molecule has 0 aliphatic carbocycles. The van der Waals surface area contributed by atoms with Crippen LogP contribution in [0.4, 0.5) is 13.2 Å². The van der Waals surface area contributed by atoms with Crippen molar-refractivity contribution < 1.29 is 20.7 Å². The number of thiophene rings is 1. The van der Waals surface area contributed by atoms with E-state index in [1.807, 2.05) is 19.0 Å². The topological polar surface area (TPSA) is 41.4 Å². The number of benzene rings is 1. The van der Waals surface area contributed by atoms with Crippen LogP contribution in [0.3, 0.4) is 0 Å². The number of carbonyl (C=O) groups excluding carboxylic acids is 1. The van der Waals surface area contributed by atoms with E-state index in [1.54, 1.807) is 43.3 Å². The fraction of sp³-hybridized carbons (Fsp3) is 0.360. The molecule has 1 aliphatic rings. The molecular formula is C25H26ClF3N4OS. The average molecular weight is 525 g/mol. The van der Waals surface area contributed by atoms with Crippen molar-refractivity contribution in [1.29, 1.82) is 0 Å². The van der Waals surface area contributed by atoms with Crippen molar-refractivity contribution in [3.8, 4) is 11.1 Å². The Labute approximate surface area is 214 Å². The highest BCUT2D eigenvalue weighted by Crippen LogP contribution is 2.45. The summed E-state index contributed by atoms with van der Waals surface area (Å²) < 4.78 is 60.9. The average Bonchev–Trinajstić information content (AvgIpc) is 3.43. The summed E-state index contributed by atoms with van der Waals surface area (Å²) in [6.45, 7) is 0.257. The molecule has 1 aliphatic heterocycles. The molecule has 0 fully saturated rings. The lowest BCUT2D eigenvalue weighted by molar-refractivity contribution is -0.141. The van der Waals surface area contributed by atoms with Crippen molar-refractivity contribution >= 4 is 28.8 Å². The number of likely N-dealkylation sites (N-methyl/N-ethyl adjacent to an activating group) is 1. The SMILES string of the molecule is [2H]C1([2H])c2sc(Cl)cc2[C@H](c2ccccc2-c2cn(CC)nc2C(F)(F)F)CN1C(=O)/C=C/CN(C)C. The molecule has 0 saturated heterocycles. The number of fused-ring (bicyclic) bond motifs is 1. The van der Waals surface area contributed by atoms with Gasteiger partial charge in [-0.25, -0.2) is 0 Å². The summed E-state index contributed by atoms with van der Waals surface area (Å²) in [5, 5.41) is 3.76. The van der Waals surface area contributed by atoms with Crippen LogP contribution in [-0.2, 0) is 24.0 Å². The molecule has 2 aromatic heterocycles. The van der Waals surface area contributed by atoms with E-state index in [4.69, 9.17) is 14.3 Å². The van der Waals surface area contributed by atoms with Crippen LogP contribution in [0.1, 0.15) is 37.3 Å². The standard InChI is InChI=1S/C25H26ClF3N4OS/c1-4-33-14-20(24(30-33)25(27,28)29)17-9-6-5-8-16(17)19-13-32(23(34)10-7-11-31(2)3)15-21-18(19)12-22(26)35-21/h5-10,12,14,19H,4,11,13,15H2,1-3H3/b10-7+/t19-/m0/s1/i15D2. The Morgan fingerprint density at radius 2 is 2.06 bits per heavy atom. The van der Waals surface area contributed by atoms with Crippen LogP contribution in [-0.4, -0.2) is 52.7 Å². The number of nitrogens with zero attached hydrogens (tertiary/aromatic N) is 4. The number of rotatable bonds is 6. The second-order valence-corrected chi connectivity index (χ2v) is 10.1. The van der Waals surface area contributed by atoms with Crippen molar-refractivity contribution in [2.45, 2.75) is 32.1 Å². The Hall–Kier alpha value is -2.62. The van der Waals surface area contributed by atoms with E-state index in [-0.39, 0.29) is 23.5 Å². The number of aromatic nitrogens is 2. The number of amides is 1. The van der Waals surface area contributed by atoms with Crippen molar-refractivity contribution in [2.75, 3.05) is 27.2 Å². The fourth-order valence-corrected chi connectivity index (χ4v) is 5.28. The lowest BCUT2D eigenvalue weighted by Gasteiger charge is -2.33. The minimum absolute atomic E-state index is 0.0647. The largest absolute Gasteiger partial charge is 0.435 e. The Morgan fingerprint density at radius 3 is 2.74 bits per heavy atom. The van der Waals surface area contributed by atoms with Crippen LogP contribution in [0, 0.1) is 0 Å². The lowest BCUT2D eigenvalue weighted by atomic mass is 9.84. The maximum absolute atomic E-state index is 13.9. The van der Waals surface area contributed by atoms with Crippen LogP contribution in [0.15, 0.2) is 48.7 Å². The van der Waals surface area contributed by atoms with E-state index in [0.717, 1.165) is 16.2 Å². The van der Waals surface area contributed by atoms with Crippen LogP contribution in [0.5, 0.6) is 0 Å². The van der Waals surface area contributed by atoms with Gasteiger partial charge >= 0.3 is 6.18 Å². The number of aryl methyl sites for hydroxylation is 1. The second kappa shape index (κ2) is 10.2. The third kappa shape index (κ3) is 5.47. The Kier molecular flexibility index (Phi) is 6.63. The van der Waals surface area contributed by atoms with Crippen molar-refractivity contribution in [2.24, 2.45) is 0 Å². The van der Waals surface area contributed by atoms with Gasteiger partial charge in [0.05, 0.1) is 13.6 Å². The first kappa shape index (κ1) is 22.8. The zero-order valence-electron chi connectivity index (χ0n) is 21.4. The van der Waals surface area contributed by atoms with E-state index in [9.17, 15) is 18.0 Å². The summed E-state index contributed by atoms with van der Waals surface area (Å²) >= 11 is 7.34. The summed E-state index contributed by atoms with van der Waals surface area (Å²) in [5.41, 5.74) is 0.363. The monoisotopic (exact) mass is 524 g/mol.